The maximum atomic E-state index is 6.19. The van der Waals surface area contributed by atoms with Gasteiger partial charge < -0.3 is 0 Å². The molecule has 0 spiro atoms. The zero-order valence-corrected chi connectivity index (χ0v) is 13.8. The molecule has 1 unspecified atom stereocenters. The summed E-state index contributed by atoms with van der Waals surface area (Å²) in [7, 11) is 0. The Kier molecular flexibility index (Phi) is 4.70. The fourth-order valence-corrected chi connectivity index (χ4v) is 2.79. The van der Waals surface area contributed by atoms with Crippen LogP contribution in [0.3, 0.4) is 0 Å². The topological polar surface area (TPSA) is 0 Å². The minimum absolute atomic E-state index is 0.187. The molecule has 0 aromatic heterocycles. The Hall–Kier alpha value is -0.790. The van der Waals surface area contributed by atoms with Gasteiger partial charge in [0.25, 0.3) is 0 Å². The molecule has 19 heavy (non-hydrogen) atoms. The lowest BCUT2D eigenvalue weighted by Gasteiger charge is -2.13. The first kappa shape index (κ1) is 14.6. The highest BCUT2D eigenvalue weighted by atomic mass is 79.9. The van der Waals surface area contributed by atoms with Crippen molar-refractivity contribution in [3.8, 4) is 0 Å². The summed E-state index contributed by atoms with van der Waals surface area (Å²) in [4.78, 5) is 0.187. The highest BCUT2D eigenvalue weighted by Gasteiger charge is 2.11. The number of aryl methyl sites for hydroxylation is 1. The molecular weight excluding hydrogens is 320 g/mol. The van der Waals surface area contributed by atoms with Crippen LogP contribution < -0.4 is 0 Å². The van der Waals surface area contributed by atoms with Crippen molar-refractivity contribution in [2.75, 3.05) is 0 Å². The van der Waals surface area contributed by atoms with E-state index in [0.29, 0.717) is 5.92 Å². The Morgan fingerprint density at radius 1 is 0.895 bits per heavy atom. The minimum Gasteiger partial charge on any atom is -0.0840 e. The van der Waals surface area contributed by atoms with Crippen molar-refractivity contribution < 1.29 is 0 Å². The van der Waals surface area contributed by atoms with Crippen LogP contribution in [0.15, 0.2) is 42.5 Å². The third-order valence-electron chi connectivity index (χ3n) is 3.38. The number of rotatable bonds is 3. The summed E-state index contributed by atoms with van der Waals surface area (Å²) in [6.45, 7) is 6.44. The van der Waals surface area contributed by atoms with Gasteiger partial charge >= 0.3 is 0 Å². The molecule has 2 rings (SSSR count). The summed E-state index contributed by atoms with van der Waals surface area (Å²) in [6, 6.07) is 15.0. The fraction of sp³-hybridized carbons (Fsp3) is 0.294. The van der Waals surface area contributed by atoms with E-state index in [9.17, 15) is 0 Å². The van der Waals surface area contributed by atoms with Crippen LogP contribution in [0.1, 0.15) is 46.8 Å². The molecule has 2 aromatic carbocycles. The lowest BCUT2D eigenvalue weighted by atomic mass is 9.98. The lowest BCUT2D eigenvalue weighted by Crippen LogP contribution is -1.95. The Balaban J connectivity index is 2.27. The Morgan fingerprint density at radius 3 is 1.95 bits per heavy atom. The van der Waals surface area contributed by atoms with Gasteiger partial charge in [-0.15, -0.1) is 0 Å². The van der Waals surface area contributed by atoms with E-state index < -0.39 is 0 Å². The molecule has 0 bridgehead atoms. The van der Waals surface area contributed by atoms with Gasteiger partial charge in [0.15, 0.2) is 0 Å². The molecule has 0 amide bonds. The number of hydrogen-bond acceptors (Lipinski definition) is 0. The number of hydrogen-bond donors (Lipinski definition) is 0. The molecule has 0 N–H and O–H groups in total. The normalized spacial score (nSPS) is 12.7. The second-order valence-corrected chi connectivity index (χ2v) is 6.52. The van der Waals surface area contributed by atoms with Crippen LogP contribution in [-0.4, -0.2) is 0 Å². The molecule has 0 fully saturated rings. The van der Waals surface area contributed by atoms with E-state index >= 15 is 0 Å². The minimum atomic E-state index is 0.187. The van der Waals surface area contributed by atoms with Gasteiger partial charge in [-0.2, -0.15) is 0 Å². The van der Waals surface area contributed by atoms with Crippen molar-refractivity contribution in [2.45, 2.75) is 31.5 Å². The Labute approximate surface area is 128 Å². The van der Waals surface area contributed by atoms with Crippen LogP contribution in [0.25, 0.3) is 0 Å². The largest absolute Gasteiger partial charge is 0.0840 e. The predicted octanol–water partition coefficient (Wildman–Crippen LogP) is 6.26. The van der Waals surface area contributed by atoms with Crippen molar-refractivity contribution in [3.63, 3.8) is 0 Å². The zero-order chi connectivity index (χ0) is 14.0. The van der Waals surface area contributed by atoms with Crippen LogP contribution in [0.4, 0.5) is 0 Å². The van der Waals surface area contributed by atoms with Crippen LogP contribution in [0, 0.1) is 6.92 Å². The number of halogens is 2. The Morgan fingerprint density at radius 2 is 1.42 bits per heavy atom. The van der Waals surface area contributed by atoms with E-state index in [0.717, 1.165) is 10.6 Å². The van der Waals surface area contributed by atoms with E-state index in [4.69, 9.17) is 11.6 Å². The van der Waals surface area contributed by atoms with E-state index in [2.05, 4.69) is 66.2 Å². The van der Waals surface area contributed by atoms with Gasteiger partial charge in [0, 0.05) is 5.02 Å². The molecule has 100 valence electrons. The average Bonchev–Trinajstić information content (AvgIpc) is 2.41. The van der Waals surface area contributed by atoms with Gasteiger partial charge in [-0.1, -0.05) is 77.8 Å². The van der Waals surface area contributed by atoms with Gasteiger partial charge in [-0.3, -0.25) is 0 Å². The molecule has 0 heterocycles. The molecule has 2 aromatic rings. The summed E-state index contributed by atoms with van der Waals surface area (Å²) >= 11 is 9.95. The quantitative estimate of drug-likeness (QED) is 0.580. The number of alkyl halides is 1. The SMILES string of the molecule is Cc1ccc(C(Br)c2ccc(C(C)C)cc2)cc1Cl. The van der Waals surface area contributed by atoms with Gasteiger partial charge in [-0.05, 0) is 41.2 Å². The highest BCUT2D eigenvalue weighted by molar-refractivity contribution is 9.09. The molecule has 2 heteroatoms. The average molecular weight is 338 g/mol. The second kappa shape index (κ2) is 6.11. The van der Waals surface area contributed by atoms with Gasteiger partial charge in [0.2, 0.25) is 0 Å². The first-order valence-corrected chi connectivity index (χ1v) is 7.78. The molecule has 0 saturated heterocycles. The first-order valence-electron chi connectivity index (χ1n) is 6.49. The molecule has 0 radical (unpaired) electrons. The van der Waals surface area contributed by atoms with E-state index in [-0.39, 0.29) is 4.83 Å². The number of benzene rings is 2. The maximum Gasteiger partial charge on any atom is 0.0645 e. The van der Waals surface area contributed by atoms with Crippen LogP contribution in [-0.2, 0) is 0 Å². The maximum absolute atomic E-state index is 6.19. The predicted molar refractivity (Wildman–Crippen MR) is 87.5 cm³/mol. The summed E-state index contributed by atoms with van der Waals surface area (Å²) in [6.07, 6.45) is 0. The molecule has 0 aliphatic carbocycles. The third-order valence-corrected chi connectivity index (χ3v) is 4.85. The van der Waals surface area contributed by atoms with Crippen molar-refractivity contribution in [2.24, 2.45) is 0 Å². The molecule has 1 atom stereocenters. The smallest absolute Gasteiger partial charge is 0.0645 e. The second-order valence-electron chi connectivity index (χ2n) is 5.19. The Bertz CT molecular complexity index is 558. The van der Waals surface area contributed by atoms with Gasteiger partial charge in [0.1, 0.15) is 0 Å². The monoisotopic (exact) mass is 336 g/mol. The van der Waals surface area contributed by atoms with Crippen LogP contribution >= 0.6 is 27.5 Å². The van der Waals surface area contributed by atoms with Crippen molar-refractivity contribution in [1.29, 1.82) is 0 Å². The molecular formula is C17H18BrCl. The van der Waals surface area contributed by atoms with Crippen molar-refractivity contribution >= 4 is 27.5 Å². The fourth-order valence-electron chi connectivity index (χ4n) is 2.01. The summed E-state index contributed by atoms with van der Waals surface area (Å²) in [5.41, 5.74) is 4.92. The molecule has 0 nitrogen and oxygen atoms in total. The van der Waals surface area contributed by atoms with Crippen molar-refractivity contribution in [1.82, 2.24) is 0 Å². The van der Waals surface area contributed by atoms with E-state index in [1.807, 2.05) is 13.0 Å². The van der Waals surface area contributed by atoms with Gasteiger partial charge in [0.05, 0.1) is 4.83 Å². The summed E-state index contributed by atoms with van der Waals surface area (Å²) in [5.74, 6) is 0.566. The molecule has 0 aliphatic rings. The third kappa shape index (κ3) is 3.40. The van der Waals surface area contributed by atoms with Crippen LogP contribution in [0.5, 0.6) is 0 Å². The van der Waals surface area contributed by atoms with Gasteiger partial charge in [-0.25, -0.2) is 0 Å². The van der Waals surface area contributed by atoms with E-state index in [1.54, 1.807) is 0 Å². The zero-order valence-electron chi connectivity index (χ0n) is 11.5. The molecule has 0 saturated carbocycles. The van der Waals surface area contributed by atoms with Crippen LogP contribution in [0.2, 0.25) is 5.02 Å². The summed E-state index contributed by atoms with van der Waals surface area (Å²) < 4.78 is 0. The summed E-state index contributed by atoms with van der Waals surface area (Å²) in [5, 5.41) is 0.820. The van der Waals surface area contributed by atoms with Crippen molar-refractivity contribution in [3.05, 3.63) is 69.7 Å². The molecule has 0 aliphatic heterocycles. The van der Waals surface area contributed by atoms with E-state index in [1.165, 1.54) is 16.7 Å². The highest BCUT2D eigenvalue weighted by Crippen LogP contribution is 2.33. The standard InChI is InChI=1S/C17H18BrCl/c1-11(2)13-6-8-14(9-7-13)17(18)15-5-4-12(3)16(19)10-15/h4-11,17H,1-3H3. The lowest BCUT2D eigenvalue weighted by molar-refractivity contribution is 0.865. The first-order chi connectivity index (χ1) is 8.99.